The van der Waals surface area contributed by atoms with Gasteiger partial charge in [0.05, 0.1) is 14.2 Å². The van der Waals surface area contributed by atoms with E-state index in [0.717, 1.165) is 0 Å². The van der Waals surface area contributed by atoms with Crippen LogP contribution in [0.4, 0.5) is 4.39 Å². The van der Waals surface area contributed by atoms with E-state index in [1.165, 1.54) is 32.6 Å². The monoisotopic (exact) mass is 425 g/mol. The molecule has 10 heteroatoms. The number of benzene rings is 2. The summed E-state index contributed by atoms with van der Waals surface area (Å²) < 4.78 is 39.5. The Labute approximate surface area is 175 Å². The van der Waals surface area contributed by atoms with Crippen LogP contribution in [0.15, 0.2) is 57.7 Å². The molecule has 0 N–H and O–H groups in total. The molecule has 0 atom stereocenters. The number of esters is 1. The van der Waals surface area contributed by atoms with Gasteiger partial charge in [-0.2, -0.15) is 4.98 Å². The zero-order chi connectivity index (χ0) is 21.8. The van der Waals surface area contributed by atoms with E-state index in [9.17, 15) is 9.18 Å². The Bertz CT molecular complexity index is 1220. The van der Waals surface area contributed by atoms with Gasteiger partial charge in [-0.05, 0) is 36.4 Å². The molecule has 0 fully saturated rings. The molecule has 0 saturated carbocycles. The van der Waals surface area contributed by atoms with Gasteiger partial charge in [0.25, 0.3) is 5.89 Å². The number of hydrogen-bond acceptors (Lipinski definition) is 9. The highest BCUT2D eigenvalue weighted by Gasteiger charge is 2.16. The predicted octanol–water partition coefficient (Wildman–Crippen LogP) is 3.90. The maximum absolute atomic E-state index is 13.4. The average molecular weight is 425 g/mol. The van der Waals surface area contributed by atoms with Crippen LogP contribution >= 0.6 is 0 Å². The van der Waals surface area contributed by atoms with Crippen LogP contribution in [0.5, 0.6) is 11.5 Å². The van der Waals surface area contributed by atoms with Crippen LogP contribution in [0.25, 0.3) is 22.8 Å². The van der Waals surface area contributed by atoms with Crippen molar-refractivity contribution in [2.45, 2.75) is 6.61 Å². The fourth-order valence-corrected chi connectivity index (χ4v) is 2.72. The van der Waals surface area contributed by atoms with Gasteiger partial charge in [-0.3, -0.25) is 0 Å². The predicted molar refractivity (Wildman–Crippen MR) is 104 cm³/mol. The minimum atomic E-state index is -0.602. The van der Waals surface area contributed by atoms with E-state index in [2.05, 4.69) is 19.9 Å². The molecule has 31 heavy (non-hydrogen) atoms. The molecule has 0 unspecified atom stereocenters. The quantitative estimate of drug-likeness (QED) is 0.407. The van der Waals surface area contributed by atoms with Gasteiger partial charge in [0.2, 0.25) is 11.7 Å². The van der Waals surface area contributed by atoms with Gasteiger partial charge in [0, 0.05) is 11.1 Å². The zero-order valence-corrected chi connectivity index (χ0v) is 16.5. The molecule has 0 aliphatic heterocycles. The molecule has 2 aromatic carbocycles. The van der Waals surface area contributed by atoms with Crippen molar-refractivity contribution >= 4 is 5.97 Å². The van der Waals surface area contributed by atoms with Crippen molar-refractivity contribution in [2.75, 3.05) is 14.2 Å². The van der Waals surface area contributed by atoms with Crippen molar-refractivity contribution in [3.05, 3.63) is 66.1 Å². The Hall–Kier alpha value is -4.21. The van der Waals surface area contributed by atoms with Crippen molar-refractivity contribution in [3.8, 4) is 34.3 Å². The molecular weight excluding hydrogens is 409 g/mol. The number of carbonyl (C=O) groups excluding carboxylic acids is 1. The summed E-state index contributed by atoms with van der Waals surface area (Å²) in [5.74, 6) is 0.523. The highest BCUT2D eigenvalue weighted by atomic mass is 19.1. The first-order valence-corrected chi connectivity index (χ1v) is 9.01. The van der Waals surface area contributed by atoms with Crippen LogP contribution in [0.3, 0.4) is 0 Å². The van der Waals surface area contributed by atoms with Crippen molar-refractivity contribution in [2.24, 2.45) is 0 Å². The molecule has 0 saturated heterocycles. The van der Waals surface area contributed by atoms with Gasteiger partial charge in [-0.25, -0.2) is 14.2 Å². The van der Waals surface area contributed by atoms with Crippen molar-refractivity contribution in [1.82, 2.24) is 15.1 Å². The van der Waals surface area contributed by atoms with Crippen LogP contribution in [-0.2, 0) is 11.3 Å². The maximum atomic E-state index is 13.4. The number of aromatic nitrogens is 3. The van der Waals surface area contributed by atoms with Gasteiger partial charge in [0.15, 0.2) is 23.8 Å². The van der Waals surface area contributed by atoms with Crippen LogP contribution in [0.1, 0.15) is 16.4 Å². The van der Waals surface area contributed by atoms with Crippen LogP contribution < -0.4 is 9.47 Å². The van der Waals surface area contributed by atoms with Gasteiger partial charge in [-0.1, -0.05) is 11.2 Å². The lowest BCUT2D eigenvalue weighted by atomic mass is 10.2. The first-order valence-electron chi connectivity index (χ1n) is 9.01. The van der Waals surface area contributed by atoms with Crippen LogP contribution in [0.2, 0.25) is 0 Å². The first kappa shape index (κ1) is 20.1. The Morgan fingerprint density at radius 2 is 1.94 bits per heavy atom. The standard InChI is InChI=1S/C21H16FN3O6/c1-27-17-9-12(19-24-20(31-25-19)13-4-3-5-14(22)8-13)6-7-16(17)29-11-18-23-15(10-30-18)21(26)28-2/h3-10H,11H2,1-2H3. The Balaban J connectivity index is 1.51. The van der Waals surface area contributed by atoms with E-state index >= 15 is 0 Å². The highest BCUT2D eigenvalue weighted by Crippen LogP contribution is 2.33. The van der Waals surface area contributed by atoms with Crippen molar-refractivity contribution in [1.29, 1.82) is 0 Å². The Kier molecular flexibility index (Phi) is 5.61. The number of oxazole rings is 1. The second-order valence-electron chi connectivity index (χ2n) is 6.21. The molecule has 2 heterocycles. The summed E-state index contributed by atoms with van der Waals surface area (Å²) in [7, 11) is 2.74. The summed E-state index contributed by atoms with van der Waals surface area (Å²) in [6, 6.07) is 10.9. The van der Waals surface area contributed by atoms with Crippen molar-refractivity contribution < 1.29 is 32.3 Å². The molecule has 0 aliphatic rings. The summed E-state index contributed by atoms with van der Waals surface area (Å²) in [5.41, 5.74) is 1.14. The fraction of sp³-hybridized carbons (Fsp3) is 0.143. The SMILES string of the molecule is COC(=O)c1coc(COc2ccc(-c3noc(-c4cccc(F)c4)n3)cc2OC)n1. The van der Waals surface area contributed by atoms with Gasteiger partial charge < -0.3 is 23.2 Å². The summed E-state index contributed by atoms with van der Waals surface area (Å²) in [6.07, 6.45) is 1.19. The minimum absolute atomic E-state index is 0.0291. The molecule has 2 aromatic heterocycles. The summed E-state index contributed by atoms with van der Waals surface area (Å²) in [5, 5.41) is 3.94. The van der Waals surface area contributed by atoms with E-state index in [-0.39, 0.29) is 24.1 Å². The van der Waals surface area contributed by atoms with Gasteiger partial charge >= 0.3 is 5.97 Å². The summed E-state index contributed by atoms with van der Waals surface area (Å²) >= 11 is 0. The minimum Gasteiger partial charge on any atom is -0.493 e. The average Bonchev–Trinajstić information content (AvgIpc) is 3.47. The lowest BCUT2D eigenvalue weighted by Gasteiger charge is -2.10. The summed E-state index contributed by atoms with van der Waals surface area (Å²) in [4.78, 5) is 19.7. The number of methoxy groups -OCH3 is 2. The molecule has 0 bridgehead atoms. The number of ether oxygens (including phenoxy) is 3. The zero-order valence-electron chi connectivity index (χ0n) is 16.5. The van der Waals surface area contributed by atoms with E-state index < -0.39 is 11.8 Å². The topological polar surface area (TPSA) is 110 Å². The molecule has 158 valence electrons. The molecular formula is C21H16FN3O6. The van der Waals surface area contributed by atoms with E-state index in [4.69, 9.17) is 18.4 Å². The number of nitrogens with zero attached hydrogens (tertiary/aromatic N) is 3. The second kappa shape index (κ2) is 8.66. The molecule has 0 radical (unpaired) electrons. The van der Waals surface area contributed by atoms with E-state index in [1.807, 2.05) is 0 Å². The number of hydrogen-bond donors (Lipinski definition) is 0. The third kappa shape index (κ3) is 4.37. The normalized spacial score (nSPS) is 10.7. The van der Waals surface area contributed by atoms with E-state index in [1.54, 1.807) is 30.3 Å². The highest BCUT2D eigenvalue weighted by molar-refractivity contribution is 5.86. The van der Waals surface area contributed by atoms with Gasteiger partial charge in [-0.15, -0.1) is 0 Å². The molecule has 4 rings (SSSR count). The number of halogens is 1. The third-order valence-electron chi connectivity index (χ3n) is 4.22. The Morgan fingerprint density at radius 1 is 1.06 bits per heavy atom. The lowest BCUT2D eigenvalue weighted by molar-refractivity contribution is 0.0594. The third-order valence-corrected chi connectivity index (χ3v) is 4.22. The molecule has 4 aromatic rings. The first-order chi connectivity index (χ1) is 15.1. The molecule has 0 spiro atoms. The molecule has 0 aliphatic carbocycles. The molecule has 0 amide bonds. The van der Waals surface area contributed by atoms with E-state index in [0.29, 0.717) is 28.5 Å². The second-order valence-corrected chi connectivity index (χ2v) is 6.21. The smallest absolute Gasteiger partial charge is 0.360 e. The van der Waals surface area contributed by atoms with Gasteiger partial charge in [0.1, 0.15) is 12.1 Å². The largest absolute Gasteiger partial charge is 0.493 e. The molecule has 9 nitrogen and oxygen atoms in total. The number of carbonyl (C=O) groups is 1. The number of rotatable bonds is 7. The fourth-order valence-electron chi connectivity index (χ4n) is 2.72. The summed E-state index contributed by atoms with van der Waals surface area (Å²) in [6.45, 7) is -0.0291. The van der Waals surface area contributed by atoms with Crippen LogP contribution in [0, 0.1) is 5.82 Å². The van der Waals surface area contributed by atoms with Crippen molar-refractivity contribution in [3.63, 3.8) is 0 Å². The lowest BCUT2D eigenvalue weighted by Crippen LogP contribution is -2.03. The maximum Gasteiger partial charge on any atom is 0.360 e. The Morgan fingerprint density at radius 3 is 2.71 bits per heavy atom. The van der Waals surface area contributed by atoms with Crippen LogP contribution in [-0.4, -0.2) is 35.3 Å².